The van der Waals surface area contributed by atoms with Crippen molar-refractivity contribution in [3.8, 4) is 0 Å². The minimum Gasteiger partial charge on any atom is -0.322 e. The number of hydrogen-bond donors (Lipinski definition) is 1. The molecule has 1 amide bonds. The number of carbonyl (C=O) groups is 1. The number of sulfonamides is 1. The molecule has 1 fully saturated rings. The van der Waals surface area contributed by atoms with Crippen molar-refractivity contribution < 1.29 is 22.0 Å². The number of nitrogens with zero attached hydrogens (tertiary/aromatic N) is 1. The first-order chi connectivity index (χ1) is 13.4. The third-order valence-electron chi connectivity index (χ3n) is 4.40. The van der Waals surface area contributed by atoms with Gasteiger partial charge in [0.05, 0.1) is 10.5 Å². The third kappa shape index (κ3) is 4.89. The fraction of sp³-hybridized carbons (Fsp3) is 0.316. The smallest absolute Gasteiger partial charge is 0.288 e. The van der Waals surface area contributed by atoms with Gasteiger partial charge in [0.2, 0.25) is 10.0 Å². The quantitative estimate of drug-likeness (QED) is 0.694. The van der Waals surface area contributed by atoms with E-state index in [2.05, 4.69) is 5.32 Å². The molecule has 0 unspecified atom stereocenters. The first-order valence-corrected chi connectivity index (χ1v) is 11.2. The second-order valence-electron chi connectivity index (χ2n) is 6.32. The minimum absolute atomic E-state index is 0.0284. The van der Waals surface area contributed by atoms with E-state index in [1.807, 2.05) is 0 Å². The highest BCUT2D eigenvalue weighted by Crippen LogP contribution is 2.27. The third-order valence-corrected chi connectivity index (χ3v) is 7.08. The Bertz CT molecular complexity index is 928. The average Bonchev–Trinajstić information content (AvgIpc) is 2.70. The lowest BCUT2D eigenvalue weighted by Crippen LogP contribution is -2.36. The molecular formula is C19H20F2N2O3S2. The summed E-state index contributed by atoms with van der Waals surface area (Å²) in [5.74, 6) is -3.09. The van der Waals surface area contributed by atoms with Crippen LogP contribution in [0, 0.1) is 0 Å². The molecule has 1 aliphatic rings. The van der Waals surface area contributed by atoms with Gasteiger partial charge < -0.3 is 5.32 Å². The molecule has 0 aliphatic carbocycles. The molecular weight excluding hydrogens is 406 g/mol. The molecule has 150 valence electrons. The second kappa shape index (κ2) is 9.02. The number of halogens is 2. The van der Waals surface area contributed by atoms with Crippen molar-refractivity contribution in [1.29, 1.82) is 0 Å². The first kappa shape index (κ1) is 20.8. The Hall–Kier alpha value is -1.97. The fourth-order valence-electron chi connectivity index (χ4n) is 3.04. The summed E-state index contributed by atoms with van der Waals surface area (Å²) in [6, 6.07) is 12.0. The maximum atomic E-state index is 13.0. The van der Waals surface area contributed by atoms with E-state index in [1.165, 1.54) is 40.7 Å². The summed E-state index contributed by atoms with van der Waals surface area (Å²) < 4.78 is 52.2. The number of nitrogens with one attached hydrogen (secondary N) is 1. The first-order valence-electron chi connectivity index (χ1n) is 8.83. The van der Waals surface area contributed by atoms with Crippen molar-refractivity contribution >= 4 is 33.4 Å². The molecule has 1 saturated heterocycles. The predicted octanol–water partition coefficient (Wildman–Crippen LogP) is 4.43. The van der Waals surface area contributed by atoms with Crippen LogP contribution in [-0.4, -0.2) is 37.5 Å². The van der Waals surface area contributed by atoms with Crippen LogP contribution in [0.5, 0.6) is 0 Å². The largest absolute Gasteiger partial charge is 0.322 e. The SMILES string of the molecule is O=C(Nc1ccc(SC(F)F)cc1)c1ccccc1S(=O)(=O)N1CCCCC1. The molecule has 5 nitrogen and oxygen atoms in total. The summed E-state index contributed by atoms with van der Waals surface area (Å²) in [7, 11) is -3.76. The van der Waals surface area contributed by atoms with E-state index >= 15 is 0 Å². The van der Waals surface area contributed by atoms with E-state index in [-0.39, 0.29) is 10.5 Å². The monoisotopic (exact) mass is 426 g/mol. The molecule has 0 saturated carbocycles. The van der Waals surface area contributed by atoms with Gasteiger partial charge in [-0.2, -0.15) is 13.1 Å². The zero-order chi connectivity index (χ0) is 20.1. The molecule has 9 heteroatoms. The van der Waals surface area contributed by atoms with Crippen molar-refractivity contribution in [2.45, 2.75) is 34.8 Å². The van der Waals surface area contributed by atoms with Gasteiger partial charge in [-0.3, -0.25) is 4.79 Å². The van der Waals surface area contributed by atoms with Crippen LogP contribution in [0.15, 0.2) is 58.3 Å². The number of amides is 1. The zero-order valence-corrected chi connectivity index (χ0v) is 16.6. The molecule has 1 N–H and O–H groups in total. The maximum Gasteiger partial charge on any atom is 0.288 e. The number of thioether (sulfide) groups is 1. The molecule has 0 spiro atoms. The van der Waals surface area contributed by atoms with Crippen molar-refractivity contribution in [3.63, 3.8) is 0 Å². The Balaban J connectivity index is 1.81. The lowest BCUT2D eigenvalue weighted by atomic mass is 10.2. The van der Waals surface area contributed by atoms with Crippen LogP contribution in [0.3, 0.4) is 0 Å². The van der Waals surface area contributed by atoms with Gasteiger partial charge in [0, 0.05) is 23.7 Å². The Labute approximate surface area is 167 Å². The number of benzene rings is 2. The minimum atomic E-state index is -3.76. The van der Waals surface area contributed by atoms with Gasteiger partial charge in [-0.1, -0.05) is 30.3 Å². The van der Waals surface area contributed by atoms with Gasteiger partial charge in [-0.05, 0) is 49.2 Å². The van der Waals surface area contributed by atoms with Crippen molar-refractivity contribution in [2.75, 3.05) is 18.4 Å². The summed E-state index contributed by atoms with van der Waals surface area (Å²) in [5.41, 5.74) is 0.452. The van der Waals surface area contributed by atoms with E-state index in [0.717, 1.165) is 19.3 Å². The standard InChI is InChI=1S/C19H20F2N2O3S2/c20-19(21)27-15-10-8-14(9-11-15)22-18(24)16-6-2-3-7-17(16)28(25,26)23-12-4-1-5-13-23/h2-3,6-11,19H,1,4-5,12-13H2,(H,22,24). The number of alkyl halides is 2. The van der Waals surface area contributed by atoms with Gasteiger partial charge in [-0.15, -0.1) is 0 Å². The average molecular weight is 427 g/mol. The van der Waals surface area contributed by atoms with E-state index in [9.17, 15) is 22.0 Å². The van der Waals surface area contributed by atoms with Gasteiger partial charge >= 0.3 is 0 Å². The van der Waals surface area contributed by atoms with Crippen LogP contribution in [-0.2, 0) is 10.0 Å². The molecule has 0 aromatic heterocycles. The molecule has 2 aromatic carbocycles. The summed E-state index contributed by atoms with van der Waals surface area (Å²) in [6.45, 7) is 0.892. The van der Waals surface area contributed by atoms with Gasteiger partial charge in [0.25, 0.3) is 11.7 Å². The zero-order valence-electron chi connectivity index (χ0n) is 15.0. The molecule has 2 aromatic rings. The highest BCUT2D eigenvalue weighted by molar-refractivity contribution is 7.99. The number of piperidine rings is 1. The van der Waals surface area contributed by atoms with Crippen LogP contribution in [0.1, 0.15) is 29.6 Å². The molecule has 0 radical (unpaired) electrons. The lowest BCUT2D eigenvalue weighted by molar-refractivity contribution is 0.102. The second-order valence-corrected chi connectivity index (χ2v) is 9.29. The molecule has 28 heavy (non-hydrogen) atoms. The highest BCUT2D eigenvalue weighted by Gasteiger charge is 2.29. The molecule has 0 atom stereocenters. The number of hydrogen-bond acceptors (Lipinski definition) is 4. The summed E-state index contributed by atoms with van der Waals surface area (Å²) >= 11 is 0.413. The highest BCUT2D eigenvalue weighted by atomic mass is 32.2. The molecule has 3 rings (SSSR count). The van der Waals surface area contributed by atoms with E-state index in [0.29, 0.717) is 35.4 Å². The molecule has 1 aliphatic heterocycles. The normalized spacial score (nSPS) is 15.5. The topological polar surface area (TPSA) is 66.5 Å². The Morgan fingerprint density at radius 2 is 1.64 bits per heavy atom. The number of rotatable bonds is 6. The number of anilines is 1. The Kier molecular flexibility index (Phi) is 6.69. The Morgan fingerprint density at radius 1 is 1.00 bits per heavy atom. The van der Waals surface area contributed by atoms with E-state index in [1.54, 1.807) is 12.1 Å². The van der Waals surface area contributed by atoms with Crippen LogP contribution < -0.4 is 5.32 Å². The summed E-state index contributed by atoms with van der Waals surface area (Å²) in [5, 5.41) is 2.64. The molecule has 0 bridgehead atoms. The predicted molar refractivity (Wildman–Crippen MR) is 105 cm³/mol. The number of carbonyl (C=O) groups excluding carboxylic acids is 1. The van der Waals surface area contributed by atoms with Crippen LogP contribution in [0.25, 0.3) is 0 Å². The summed E-state index contributed by atoms with van der Waals surface area (Å²) in [4.78, 5) is 13.1. The van der Waals surface area contributed by atoms with Crippen LogP contribution in [0.4, 0.5) is 14.5 Å². The van der Waals surface area contributed by atoms with Gasteiger partial charge in [0.15, 0.2) is 0 Å². The molecule has 1 heterocycles. The van der Waals surface area contributed by atoms with Crippen molar-refractivity contribution in [3.05, 3.63) is 54.1 Å². The lowest BCUT2D eigenvalue weighted by Gasteiger charge is -2.26. The maximum absolute atomic E-state index is 13.0. The van der Waals surface area contributed by atoms with Gasteiger partial charge in [0.1, 0.15) is 0 Å². The Morgan fingerprint density at radius 3 is 2.29 bits per heavy atom. The van der Waals surface area contributed by atoms with E-state index in [4.69, 9.17) is 0 Å². The fourth-order valence-corrected chi connectivity index (χ4v) is 5.25. The van der Waals surface area contributed by atoms with E-state index < -0.39 is 21.7 Å². The van der Waals surface area contributed by atoms with Crippen LogP contribution in [0.2, 0.25) is 0 Å². The summed E-state index contributed by atoms with van der Waals surface area (Å²) in [6.07, 6.45) is 2.60. The van der Waals surface area contributed by atoms with Crippen molar-refractivity contribution in [2.24, 2.45) is 0 Å². The van der Waals surface area contributed by atoms with Crippen LogP contribution >= 0.6 is 11.8 Å². The van der Waals surface area contributed by atoms with Crippen molar-refractivity contribution in [1.82, 2.24) is 4.31 Å². The van der Waals surface area contributed by atoms with Gasteiger partial charge in [-0.25, -0.2) is 8.42 Å².